The van der Waals surface area contributed by atoms with Crippen LogP contribution in [-0.4, -0.2) is 11.1 Å². The average Bonchev–Trinajstić information content (AvgIpc) is 2.03. The summed E-state index contributed by atoms with van der Waals surface area (Å²) in [5.41, 5.74) is -0.0677. The third-order valence-electron chi connectivity index (χ3n) is 1.29. The molecule has 12 heavy (non-hydrogen) atoms. The van der Waals surface area contributed by atoms with E-state index in [2.05, 4.69) is 0 Å². The molecule has 1 N–H and O–H groups in total. The molecule has 0 unspecified atom stereocenters. The second-order valence-corrected chi connectivity index (χ2v) is 2.48. The van der Waals surface area contributed by atoms with Gasteiger partial charge in [0.2, 0.25) is 0 Å². The average molecular weight is 184 g/mol. The first-order valence-electron chi connectivity index (χ1n) is 3.02. The zero-order valence-corrected chi connectivity index (χ0v) is 6.63. The molecule has 0 spiro atoms. The number of halogens is 1. The highest BCUT2D eigenvalue weighted by Crippen LogP contribution is 2.20. The van der Waals surface area contributed by atoms with Gasteiger partial charge in [-0.1, -0.05) is 11.6 Å². The summed E-state index contributed by atoms with van der Waals surface area (Å²) < 4.78 is 0. The molecule has 0 aliphatic rings. The van der Waals surface area contributed by atoms with Gasteiger partial charge in [0.05, 0.1) is 16.7 Å². The third-order valence-corrected chi connectivity index (χ3v) is 1.53. The maximum atomic E-state index is 10.3. The van der Waals surface area contributed by atoms with Gasteiger partial charge in [-0.05, 0) is 12.1 Å². The lowest BCUT2D eigenvalue weighted by Gasteiger charge is -1.95. The summed E-state index contributed by atoms with van der Waals surface area (Å²) in [6.07, 6.45) is 1.94. The van der Waals surface area contributed by atoms with Gasteiger partial charge in [-0.3, -0.25) is 15.5 Å². The van der Waals surface area contributed by atoms with Crippen molar-refractivity contribution in [3.05, 3.63) is 38.9 Å². The van der Waals surface area contributed by atoms with Gasteiger partial charge >= 0.3 is 0 Å². The predicted molar refractivity (Wildman–Crippen MR) is 44.9 cm³/mol. The Morgan fingerprint density at radius 1 is 1.58 bits per heavy atom. The van der Waals surface area contributed by atoms with Crippen molar-refractivity contribution in [1.82, 2.24) is 0 Å². The molecule has 0 heterocycles. The Morgan fingerprint density at radius 3 is 2.75 bits per heavy atom. The topological polar surface area (TPSA) is 67.0 Å². The monoisotopic (exact) mass is 183 g/mol. The molecule has 1 aromatic rings. The first kappa shape index (κ1) is 8.67. The van der Waals surface area contributed by atoms with E-state index in [1.54, 1.807) is 0 Å². The minimum absolute atomic E-state index is 0.0903. The number of rotatable bonds is 2. The SMILES string of the molecule is N=[C]c1cc(Cl)ccc1[N+](=O)[O-]. The number of nitrogens with one attached hydrogen (secondary N) is 1. The van der Waals surface area contributed by atoms with Crippen molar-refractivity contribution in [2.24, 2.45) is 0 Å². The highest BCUT2D eigenvalue weighted by atomic mass is 35.5. The van der Waals surface area contributed by atoms with Gasteiger partial charge in [0.15, 0.2) is 0 Å². The third kappa shape index (κ3) is 1.60. The van der Waals surface area contributed by atoms with Crippen molar-refractivity contribution < 1.29 is 4.92 Å². The van der Waals surface area contributed by atoms with Crippen LogP contribution in [0, 0.1) is 15.5 Å². The predicted octanol–water partition coefficient (Wildman–Crippen LogP) is 2.12. The maximum absolute atomic E-state index is 10.3. The Labute approximate surface area is 73.4 Å². The second kappa shape index (κ2) is 3.32. The van der Waals surface area contributed by atoms with Gasteiger partial charge in [0.1, 0.15) is 0 Å². The van der Waals surface area contributed by atoms with Gasteiger partial charge in [0, 0.05) is 11.1 Å². The first-order chi connectivity index (χ1) is 5.65. The Balaban J connectivity index is 3.29. The molecule has 0 amide bonds. The summed E-state index contributed by atoms with van der Waals surface area (Å²) in [6.45, 7) is 0. The summed E-state index contributed by atoms with van der Waals surface area (Å²) in [4.78, 5) is 9.75. The van der Waals surface area contributed by atoms with Crippen LogP contribution in [0.5, 0.6) is 0 Å². The van der Waals surface area contributed by atoms with Crippen LogP contribution in [-0.2, 0) is 0 Å². The summed E-state index contributed by atoms with van der Waals surface area (Å²) in [7, 11) is 0. The van der Waals surface area contributed by atoms with Crippen molar-refractivity contribution in [2.75, 3.05) is 0 Å². The van der Waals surface area contributed by atoms with Crippen molar-refractivity contribution in [1.29, 1.82) is 5.41 Å². The van der Waals surface area contributed by atoms with Crippen LogP contribution in [0.15, 0.2) is 18.2 Å². The van der Waals surface area contributed by atoms with E-state index >= 15 is 0 Å². The molecule has 0 saturated heterocycles. The molecule has 0 saturated carbocycles. The number of nitrogens with zero attached hydrogens (tertiary/aromatic N) is 1. The van der Waals surface area contributed by atoms with E-state index in [1.807, 2.05) is 6.21 Å². The fourth-order valence-corrected chi connectivity index (χ4v) is 0.940. The van der Waals surface area contributed by atoms with E-state index < -0.39 is 4.92 Å². The standard InChI is InChI=1S/C7H4ClN2O2/c8-6-1-2-7(10(11)12)5(3-6)4-9/h1-3,9H. The minimum atomic E-state index is -0.576. The maximum Gasteiger partial charge on any atom is 0.278 e. The van der Waals surface area contributed by atoms with E-state index in [0.717, 1.165) is 0 Å². The van der Waals surface area contributed by atoms with Crippen molar-refractivity contribution >= 4 is 23.5 Å². The summed E-state index contributed by atoms with van der Waals surface area (Å²) in [5.74, 6) is 0. The molecule has 1 rings (SSSR count). The quantitative estimate of drug-likeness (QED) is 0.434. The molecule has 0 atom stereocenters. The smallest absolute Gasteiger partial charge is 0.278 e. The van der Waals surface area contributed by atoms with Crippen LogP contribution in [0.25, 0.3) is 0 Å². The fourth-order valence-electron chi connectivity index (χ4n) is 0.768. The van der Waals surface area contributed by atoms with Crippen molar-refractivity contribution in [2.45, 2.75) is 0 Å². The molecule has 0 aliphatic carbocycles. The molecule has 1 aromatic carbocycles. The van der Waals surface area contributed by atoms with E-state index in [9.17, 15) is 10.1 Å². The van der Waals surface area contributed by atoms with Crippen LogP contribution >= 0.6 is 11.6 Å². The van der Waals surface area contributed by atoms with Crippen molar-refractivity contribution in [3.63, 3.8) is 0 Å². The zero-order valence-electron chi connectivity index (χ0n) is 5.87. The van der Waals surface area contributed by atoms with Crippen LogP contribution < -0.4 is 0 Å². The highest BCUT2D eigenvalue weighted by molar-refractivity contribution is 6.31. The Hall–Kier alpha value is -1.42. The van der Waals surface area contributed by atoms with Crippen LogP contribution in [0.4, 0.5) is 5.69 Å². The van der Waals surface area contributed by atoms with Crippen molar-refractivity contribution in [3.8, 4) is 0 Å². The first-order valence-corrected chi connectivity index (χ1v) is 3.39. The number of hydrogen-bond acceptors (Lipinski definition) is 3. The lowest BCUT2D eigenvalue weighted by Crippen LogP contribution is -1.93. The zero-order chi connectivity index (χ0) is 9.14. The number of nitro groups is 1. The van der Waals surface area contributed by atoms with Gasteiger partial charge in [-0.2, -0.15) is 0 Å². The fraction of sp³-hybridized carbons (Fsp3) is 0. The molecular formula is C7H4ClN2O2. The summed E-state index contributed by atoms with van der Waals surface area (Å²) in [5, 5.41) is 17.4. The van der Waals surface area contributed by atoms with Gasteiger partial charge in [0.25, 0.3) is 5.69 Å². The number of hydrogen-bond donors (Lipinski definition) is 1. The van der Waals surface area contributed by atoms with Gasteiger partial charge in [-0.25, -0.2) is 0 Å². The van der Waals surface area contributed by atoms with E-state index in [4.69, 9.17) is 17.0 Å². The Morgan fingerprint density at radius 2 is 2.25 bits per heavy atom. The Bertz CT molecular complexity index is 338. The molecule has 0 aliphatic heterocycles. The van der Waals surface area contributed by atoms with Gasteiger partial charge in [-0.15, -0.1) is 0 Å². The molecule has 0 bridgehead atoms. The van der Waals surface area contributed by atoms with Crippen LogP contribution in [0.3, 0.4) is 0 Å². The Kier molecular flexibility index (Phi) is 2.40. The number of benzene rings is 1. The lowest BCUT2D eigenvalue weighted by molar-refractivity contribution is -0.385. The van der Waals surface area contributed by atoms with E-state index in [-0.39, 0.29) is 11.3 Å². The van der Waals surface area contributed by atoms with E-state index in [1.165, 1.54) is 18.2 Å². The molecule has 5 heteroatoms. The largest absolute Gasteiger partial charge is 0.298 e. The molecular weight excluding hydrogens is 180 g/mol. The minimum Gasteiger partial charge on any atom is -0.298 e. The molecule has 0 aromatic heterocycles. The number of nitro benzene ring substituents is 1. The highest BCUT2D eigenvalue weighted by Gasteiger charge is 2.11. The molecule has 0 fully saturated rings. The molecule has 61 valence electrons. The van der Waals surface area contributed by atoms with Crippen LogP contribution in [0.1, 0.15) is 5.56 Å². The summed E-state index contributed by atoms with van der Waals surface area (Å²) >= 11 is 5.55. The van der Waals surface area contributed by atoms with E-state index in [0.29, 0.717) is 5.02 Å². The lowest BCUT2D eigenvalue weighted by atomic mass is 10.2. The summed E-state index contributed by atoms with van der Waals surface area (Å²) in [6, 6.07) is 3.98. The molecule has 1 radical (unpaired) electrons. The second-order valence-electron chi connectivity index (χ2n) is 2.04. The van der Waals surface area contributed by atoms with Gasteiger partial charge < -0.3 is 0 Å². The molecule has 4 nitrogen and oxygen atoms in total. The van der Waals surface area contributed by atoms with Crippen LogP contribution in [0.2, 0.25) is 5.02 Å². The normalized spacial score (nSPS) is 9.42.